The van der Waals surface area contributed by atoms with Crippen molar-refractivity contribution in [2.75, 3.05) is 13.1 Å². The number of hydrogen-bond donors (Lipinski definition) is 1. The van der Waals surface area contributed by atoms with Gasteiger partial charge in [0.15, 0.2) is 0 Å². The van der Waals surface area contributed by atoms with Gasteiger partial charge in [0.2, 0.25) is 5.91 Å². The van der Waals surface area contributed by atoms with Crippen molar-refractivity contribution in [3.8, 4) is 0 Å². The van der Waals surface area contributed by atoms with Crippen LogP contribution in [0.25, 0.3) is 0 Å². The Bertz CT molecular complexity index is 335. The summed E-state index contributed by atoms with van der Waals surface area (Å²) in [6, 6.07) is 0. The summed E-state index contributed by atoms with van der Waals surface area (Å²) >= 11 is 0. The quantitative estimate of drug-likeness (QED) is 0.733. The van der Waals surface area contributed by atoms with Crippen LogP contribution in [0.4, 0.5) is 0 Å². The summed E-state index contributed by atoms with van der Waals surface area (Å²) < 4.78 is 0. The minimum Gasteiger partial charge on any atom is -0.481 e. The van der Waals surface area contributed by atoms with E-state index in [0.717, 1.165) is 19.3 Å². The van der Waals surface area contributed by atoms with E-state index < -0.39 is 11.9 Å². The molecule has 0 aromatic heterocycles. The number of hydrogen-bond acceptors (Lipinski definition) is 2. The molecule has 1 heterocycles. The third-order valence-electron chi connectivity index (χ3n) is 3.40. The molecular formula is C12H17NO3. The predicted octanol–water partition coefficient (Wildman–Crippen LogP) is 1.42. The molecule has 0 radical (unpaired) electrons. The second-order valence-corrected chi connectivity index (χ2v) is 4.58. The zero-order valence-corrected chi connectivity index (χ0v) is 9.32. The van der Waals surface area contributed by atoms with Crippen molar-refractivity contribution in [1.29, 1.82) is 0 Å². The largest absolute Gasteiger partial charge is 0.481 e. The molecule has 16 heavy (non-hydrogen) atoms. The molecule has 4 heteroatoms. The molecule has 0 aromatic carbocycles. The molecule has 1 aliphatic heterocycles. The van der Waals surface area contributed by atoms with E-state index in [2.05, 4.69) is 6.08 Å². The molecule has 0 spiro atoms. The summed E-state index contributed by atoms with van der Waals surface area (Å²) in [5.74, 6) is -1.35. The van der Waals surface area contributed by atoms with Gasteiger partial charge < -0.3 is 10.0 Å². The van der Waals surface area contributed by atoms with Gasteiger partial charge in [-0.2, -0.15) is 0 Å². The fraction of sp³-hybridized carbons (Fsp3) is 0.667. The van der Waals surface area contributed by atoms with Crippen LogP contribution in [-0.4, -0.2) is 35.0 Å². The van der Waals surface area contributed by atoms with E-state index in [1.54, 1.807) is 4.90 Å². The number of allylic oxidation sites excluding steroid dienone is 1. The van der Waals surface area contributed by atoms with E-state index in [-0.39, 0.29) is 12.3 Å². The number of carbonyl (C=O) groups excluding carboxylic acids is 1. The molecule has 2 rings (SSSR count). The van der Waals surface area contributed by atoms with Crippen LogP contribution < -0.4 is 0 Å². The molecule has 1 aliphatic carbocycles. The van der Waals surface area contributed by atoms with Crippen LogP contribution in [0.3, 0.4) is 0 Å². The van der Waals surface area contributed by atoms with Crippen molar-refractivity contribution >= 4 is 11.9 Å². The second kappa shape index (κ2) is 4.68. The average molecular weight is 223 g/mol. The Balaban J connectivity index is 1.81. The first-order valence-electron chi connectivity index (χ1n) is 5.85. The first kappa shape index (κ1) is 11.2. The number of likely N-dealkylation sites (tertiary alicyclic amines) is 1. The molecule has 1 fully saturated rings. The first-order valence-corrected chi connectivity index (χ1v) is 5.85. The molecular weight excluding hydrogens is 206 g/mol. The number of carbonyl (C=O) groups is 2. The van der Waals surface area contributed by atoms with E-state index in [1.807, 2.05) is 0 Å². The third kappa shape index (κ3) is 2.43. The van der Waals surface area contributed by atoms with Crippen LogP contribution in [0.2, 0.25) is 0 Å². The average Bonchev–Trinajstić information content (AvgIpc) is 2.84. The monoisotopic (exact) mass is 223 g/mol. The standard InChI is InChI=1S/C12H17NO3/c14-11-7-10(12(15)16)8-13(11)6-5-9-3-1-2-4-9/h3,10H,1-2,4-8H2,(H,15,16). The number of carboxylic acid groups (broad SMARTS) is 1. The van der Waals surface area contributed by atoms with E-state index >= 15 is 0 Å². The topological polar surface area (TPSA) is 57.6 Å². The summed E-state index contributed by atoms with van der Waals surface area (Å²) in [6.07, 6.45) is 6.86. The van der Waals surface area contributed by atoms with Gasteiger partial charge in [-0.3, -0.25) is 9.59 Å². The van der Waals surface area contributed by atoms with Crippen LogP contribution in [0.5, 0.6) is 0 Å². The van der Waals surface area contributed by atoms with Gasteiger partial charge in [-0.15, -0.1) is 0 Å². The molecule has 1 saturated heterocycles. The summed E-state index contributed by atoms with van der Waals surface area (Å²) in [5.41, 5.74) is 1.42. The van der Waals surface area contributed by atoms with Gasteiger partial charge >= 0.3 is 5.97 Å². The van der Waals surface area contributed by atoms with Gasteiger partial charge in [-0.1, -0.05) is 11.6 Å². The SMILES string of the molecule is O=C(O)C1CC(=O)N(CCC2=CCCC2)C1. The Morgan fingerprint density at radius 1 is 1.56 bits per heavy atom. The smallest absolute Gasteiger partial charge is 0.308 e. The zero-order chi connectivity index (χ0) is 11.5. The lowest BCUT2D eigenvalue weighted by Crippen LogP contribution is -2.27. The van der Waals surface area contributed by atoms with Gasteiger partial charge in [-0.25, -0.2) is 0 Å². The number of rotatable bonds is 4. The van der Waals surface area contributed by atoms with Crippen molar-refractivity contribution in [2.45, 2.75) is 32.1 Å². The van der Waals surface area contributed by atoms with Crippen molar-refractivity contribution in [3.05, 3.63) is 11.6 Å². The highest BCUT2D eigenvalue weighted by atomic mass is 16.4. The van der Waals surface area contributed by atoms with E-state index in [4.69, 9.17) is 5.11 Å². The molecule has 88 valence electrons. The normalized spacial score (nSPS) is 25.0. The van der Waals surface area contributed by atoms with Gasteiger partial charge in [0.05, 0.1) is 5.92 Å². The van der Waals surface area contributed by atoms with Gasteiger partial charge in [0, 0.05) is 19.5 Å². The molecule has 0 bridgehead atoms. The Hall–Kier alpha value is -1.32. The van der Waals surface area contributed by atoms with Gasteiger partial charge in [0.1, 0.15) is 0 Å². The van der Waals surface area contributed by atoms with Crippen LogP contribution >= 0.6 is 0 Å². The van der Waals surface area contributed by atoms with Gasteiger partial charge in [-0.05, 0) is 25.7 Å². The van der Waals surface area contributed by atoms with Crippen LogP contribution in [0.15, 0.2) is 11.6 Å². The molecule has 2 aliphatic rings. The van der Waals surface area contributed by atoms with Crippen molar-refractivity contribution < 1.29 is 14.7 Å². The number of aliphatic carboxylic acids is 1. The van der Waals surface area contributed by atoms with E-state index in [0.29, 0.717) is 13.1 Å². The van der Waals surface area contributed by atoms with Crippen molar-refractivity contribution in [1.82, 2.24) is 4.90 Å². The molecule has 0 aromatic rings. The third-order valence-corrected chi connectivity index (χ3v) is 3.40. The Kier molecular flexibility index (Phi) is 3.27. The number of nitrogens with zero attached hydrogens (tertiary/aromatic N) is 1. The zero-order valence-electron chi connectivity index (χ0n) is 9.32. The van der Waals surface area contributed by atoms with Crippen molar-refractivity contribution in [2.24, 2.45) is 5.92 Å². The highest BCUT2D eigenvalue weighted by molar-refractivity contribution is 5.86. The van der Waals surface area contributed by atoms with Crippen LogP contribution in [0, 0.1) is 5.92 Å². The molecule has 1 unspecified atom stereocenters. The minimum absolute atomic E-state index is 0.00834. The number of carboxylic acids is 1. The number of amides is 1. The summed E-state index contributed by atoms with van der Waals surface area (Å²) in [4.78, 5) is 24.0. The van der Waals surface area contributed by atoms with Crippen LogP contribution in [0.1, 0.15) is 32.1 Å². The maximum absolute atomic E-state index is 11.5. The Labute approximate surface area is 94.9 Å². The molecule has 1 amide bonds. The molecule has 4 nitrogen and oxygen atoms in total. The second-order valence-electron chi connectivity index (χ2n) is 4.58. The van der Waals surface area contributed by atoms with E-state index in [1.165, 1.54) is 12.0 Å². The molecule has 0 saturated carbocycles. The predicted molar refractivity (Wildman–Crippen MR) is 58.9 cm³/mol. The fourth-order valence-corrected chi connectivity index (χ4v) is 2.40. The lowest BCUT2D eigenvalue weighted by atomic mass is 10.1. The molecule has 1 atom stereocenters. The lowest BCUT2D eigenvalue weighted by Gasteiger charge is -2.16. The summed E-state index contributed by atoms with van der Waals surface area (Å²) in [6.45, 7) is 1.08. The lowest BCUT2D eigenvalue weighted by molar-refractivity contribution is -0.141. The fourth-order valence-electron chi connectivity index (χ4n) is 2.40. The Morgan fingerprint density at radius 2 is 2.38 bits per heavy atom. The van der Waals surface area contributed by atoms with Gasteiger partial charge in [0.25, 0.3) is 0 Å². The summed E-state index contributed by atoms with van der Waals surface area (Å²) in [7, 11) is 0. The Morgan fingerprint density at radius 3 is 2.94 bits per heavy atom. The maximum Gasteiger partial charge on any atom is 0.308 e. The highest BCUT2D eigenvalue weighted by Gasteiger charge is 2.33. The van der Waals surface area contributed by atoms with Crippen LogP contribution in [-0.2, 0) is 9.59 Å². The molecule has 1 N–H and O–H groups in total. The van der Waals surface area contributed by atoms with Crippen molar-refractivity contribution in [3.63, 3.8) is 0 Å². The maximum atomic E-state index is 11.5. The minimum atomic E-state index is -0.851. The highest BCUT2D eigenvalue weighted by Crippen LogP contribution is 2.23. The first-order chi connectivity index (χ1) is 7.66. The van der Waals surface area contributed by atoms with E-state index in [9.17, 15) is 9.59 Å². The summed E-state index contributed by atoms with van der Waals surface area (Å²) in [5, 5.41) is 8.84.